The summed E-state index contributed by atoms with van der Waals surface area (Å²) in [6, 6.07) is -0.774. The second-order valence-electron chi connectivity index (χ2n) is 6.80. The average Bonchev–Trinajstić information content (AvgIpc) is 2.95. The molecule has 0 aromatic heterocycles. The van der Waals surface area contributed by atoms with Crippen LogP contribution < -0.4 is 0 Å². The van der Waals surface area contributed by atoms with Crippen LogP contribution in [0.3, 0.4) is 0 Å². The summed E-state index contributed by atoms with van der Waals surface area (Å²) in [5, 5.41) is 9.51. The quantitative estimate of drug-likeness (QED) is 0.864. The van der Waals surface area contributed by atoms with Crippen molar-refractivity contribution in [3.63, 3.8) is 0 Å². The lowest BCUT2D eigenvalue weighted by Gasteiger charge is -2.38. The lowest BCUT2D eigenvalue weighted by atomic mass is 9.94. The second kappa shape index (κ2) is 5.26. The number of amides is 2. The van der Waals surface area contributed by atoms with Crippen molar-refractivity contribution in [3.05, 3.63) is 0 Å². The zero-order valence-electron chi connectivity index (χ0n) is 12.9. The number of carbonyl (C=O) groups excluding carboxylic acids is 1. The van der Waals surface area contributed by atoms with Crippen molar-refractivity contribution in [3.8, 4) is 0 Å². The number of likely N-dealkylation sites (tertiary alicyclic amines) is 1. The molecule has 0 bridgehead atoms. The van der Waals surface area contributed by atoms with Crippen molar-refractivity contribution in [1.82, 2.24) is 9.80 Å². The van der Waals surface area contributed by atoms with E-state index in [9.17, 15) is 14.7 Å². The molecule has 1 aliphatic heterocycles. The minimum absolute atomic E-state index is 0.140. The third-order valence-corrected chi connectivity index (χ3v) is 5.45. The Kier molecular flexibility index (Phi) is 3.98. The zero-order valence-corrected chi connectivity index (χ0v) is 12.9. The highest BCUT2D eigenvalue weighted by atomic mass is 16.4. The van der Waals surface area contributed by atoms with Gasteiger partial charge in [-0.25, -0.2) is 9.59 Å². The van der Waals surface area contributed by atoms with Gasteiger partial charge >= 0.3 is 12.0 Å². The van der Waals surface area contributed by atoms with Crippen molar-refractivity contribution in [2.75, 3.05) is 13.6 Å². The topological polar surface area (TPSA) is 60.9 Å². The molecule has 0 aromatic carbocycles. The molecule has 0 spiro atoms. The maximum atomic E-state index is 12.7. The van der Waals surface area contributed by atoms with Gasteiger partial charge in [-0.1, -0.05) is 13.3 Å². The molecule has 2 amide bonds. The monoisotopic (exact) mass is 282 g/mol. The number of carbonyl (C=O) groups is 2. The zero-order chi connectivity index (χ0) is 15.1. The Balaban J connectivity index is 2.19. The third-order valence-electron chi connectivity index (χ3n) is 5.45. The lowest BCUT2D eigenvalue weighted by molar-refractivity contribution is -0.142. The molecule has 1 heterocycles. The number of hydrogen-bond donors (Lipinski definition) is 1. The van der Waals surface area contributed by atoms with Gasteiger partial charge in [0, 0.05) is 19.1 Å². The van der Waals surface area contributed by atoms with E-state index in [4.69, 9.17) is 0 Å². The molecule has 2 rings (SSSR count). The first-order valence-corrected chi connectivity index (χ1v) is 7.57. The van der Waals surface area contributed by atoms with Crippen molar-refractivity contribution in [1.29, 1.82) is 0 Å². The van der Waals surface area contributed by atoms with Crippen LogP contribution in [0.5, 0.6) is 0 Å². The predicted octanol–water partition coefficient (Wildman–Crippen LogP) is 2.41. The molecule has 2 aliphatic rings. The number of carboxylic acid groups (broad SMARTS) is 1. The summed E-state index contributed by atoms with van der Waals surface area (Å²) in [5.41, 5.74) is -0.252. The summed E-state index contributed by atoms with van der Waals surface area (Å²) in [6.07, 6.45) is 3.93. The summed E-state index contributed by atoms with van der Waals surface area (Å²) in [7, 11) is 1.78. The van der Waals surface area contributed by atoms with E-state index in [2.05, 4.69) is 0 Å². The van der Waals surface area contributed by atoms with Crippen LogP contribution in [0.25, 0.3) is 0 Å². The summed E-state index contributed by atoms with van der Waals surface area (Å²) in [5.74, 6) is -0.330. The van der Waals surface area contributed by atoms with Gasteiger partial charge in [-0.3, -0.25) is 0 Å². The van der Waals surface area contributed by atoms with E-state index in [1.807, 2.05) is 20.8 Å². The number of carboxylic acids is 1. The van der Waals surface area contributed by atoms with Crippen LogP contribution >= 0.6 is 0 Å². The Hall–Kier alpha value is -1.26. The van der Waals surface area contributed by atoms with Gasteiger partial charge in [0.1, 0.15) is 6.04 Å². The summed E-state index contributed by atoms with van der Waals surface area (Å²) >= 11 is 0. The molecule has 1 aliphatic carbocycles. The van der Waals surface area contributed by atoms with Crippen LogP contribution in [-0.4, -0.2) is 52.1 Å². The van der Waals surface area contributed by atoms with E-state index < -0.39 is 12.0 Å². The van der Waals surface area contributed by atoms with Crippen LogP contribution in [0.15, 0.2) is 0 Å². The highest BCUT2D eigenvalue weighted by Crippen LogP contribution is 2.42. The van der Waals surface area contributed by atoms with Gasteiger partial charge in [-0.15, -0.1) is 0 Å². The fourth-order valence-electron chi connectivity index (χ4n) is 3.51. The number of nitrogens with zero attached hydrogens (tertiary/aromatic N) is 2. The Morgan fingerprint density at radius 1 is 1.35 bits per heavy atom. The van der Waals surface area contributed by atoms with Gasteiger partial charge in [0.25, 0.3) is 0 Å². The Morgan fingerprint density at radius 3 is 2.55 bits per heavy atom. The molecule has 3 unspecified atom stereocenters. The molecule has 2 fully saturated rings. The molecular formula is C15H26N2O3. The fraction of sp³-hybridized carbons (Fsp3) is 0.867. The van der Waals surface area contributed by atoms with Gasteiger partial charge < -0.3 is 14.9 Å². The molecule has 5 nitrogen and oxygen atoms in total. The fourth-order valence-corrected chi connectivity index (χ4v) is 3.51. The number of rotatable bonds is 3. The summed E-state index contributed by atoms with van der Waals surface area (Å²) in [6.45, 7) is 6.66. The Bertz CT molecular complexity index is 408. The maximum Gasteiger partial charge on any atom is 0.326 e. The molecule has 20 heavy (non-hydrogen) atoms. The molecule has 114 valence electrons. The van der Waals surface area contributed by atoms with E-state index in [0.29, 0.717) is 12.5 Å². The second-order valence-corrected chi connectivity index (χ2v) is 6.80. The van der Waals surface area contributed by atoms with E-state index >= 15 is 0 Å². The smallest absolute Gasteiger partial charge is 0.326 e. The highest BCUT2D eigenvalue weighted by molar-refractivity contribution is 5.84. The Labute approximate surface area is 120 Å². The van der Waals surface area contributed by atoms with Crippen molar-refractivity contribution < 1.29 is 14.7 Å². The van der Waals surface area contributed by atoms with Crippen molar-refractivity contribution >= 4 is 12.0 Å². The van der Waals surface area contributed by atoms with Crippen LogP contribution in [-0.2, 0) is 4.79 Å². The van der Waals surface area contributed by atoms with E-state index in [1.54, 1.807) is 16.8 Å². The number of fused-ring (bicyclic) bond motifs is 1. The van der Waals surface area contributed by atoms with Gasteiger partial charge in [-0.05, 0) is 44.9 Å². The molecule has 1 saturated heterocycles. The van der Waals surface area contributed by atoms with E-state index in [0.717, 1.165) is 25.7 Å². The third kappa shape index (κ3) is 2.38. The summed E-state index contributed by atoms with van der Waals surface area (Å²) < 4.78 is 0. The van der Waals surface area contributed by atoms with Gasteiger partial charge in [-0.2, -0.15) is 0 Å². The lowest BCUT2D eigenvalue weighted by Crippen LogP contribution is -2.54. The first-order valence-electron chi connectivity index (χ1n) is 7.57. The van der Waals surface area contributed by atoms with Crippen molar-refractivity contribution in [2.24, 2.45) is 11.8 Å². The first-order chi connectivity index (χ1) is 9.29. The van der Waals surface area contributed by atoms with E-state index in [1.165, 1.54) is 0 Å². The SMILES string of the molecule is CCC(C)(C)N(C)C(=O)N1CC2CCCC2C1C(=O)O. The van der Waals surface area contributed by atoms with Crippen LogP contribution in [0.1, 0.15) is 46.5 Å². The summed E-state index contributed by atoms with van der Waals surface area (Å²) in [4.78, 5) is 27.6. The minimum atomic E-state index is -0.851. The van der Waals surface area contributed by atoms with Gasteiger partial charge in [0.15, 0.2) is 0 Å². The molecule has 3 atom stereocenters. The standard InChI is InChI=1S/C15H26N2O3/c1-5-15(2,3)16(4)14(20)17-9-10-7-6-8-11(10)12(17)13(18)19/h10-12H,5-9H2,1-4H3,(H,18,19). The predicted molar refractivity (Wildman–Crippen MR) is 76.5 cm³/mol. The number of hydrogen-bond acceptors (Lipinski definition) is 2. The van der Waals surface area contributed by atoms with Crippen molar-refractivity contribution in [2.45, 2.75) is 58.0 Å². The molecule has 1 N–H and O–H groups in total. The minimum Gasteiger partial charge on any atom is -0.480 e. The first kappa shape index (κ1) is 15.1. The largest absolute Gasteiger partial charge is 0.480 e. The average molecular weight is 282 g/mol. The van der Waals surface area contributed by atoms with Crippen LogP contribution in [0.4, 0.5) is 4.79 Å². The number of aliphatic carboxylic acids is 1. The van der Waals surface area contributed by atoms with Gasteiger partial charge in [0.05, 0.1) is 0 Å². The van der Waals surface area contributed by atoms with E-state index in [-0.39, 0.29) is 17.5 Å². The molecular weight excluding hydrogens is 256 g/mol. The Morgan fingerprint density at radius 2 is 2.00 bits per heavy atom. The van der Waals surface area contributed by atoms with Crippen LogP contribution in [0, 0.1) is 11.8 Å². The van der Waals surface area contributed by atoms with Gasteiger partial charge in [0.2, 0.25) is 0 Å². The molecule has 0 radical (unpaired) electrons. The normalized spacial score (nSPS) is 29.4. The highest BCUT2D eigenvalue weighted by Gasteiger charge is 2.50. The maximum absolute atomic E-state index is 12.7. The number of urea groups is 1. The molecule has 1 saturated carbocycles. The molecule has 0 aromatic rings. The van der Waals surface area contributed by atoms with Crippen LogP contribution in [0.2, 0.25) is 0 Å². The molecule has 5 heteroatoms.